The van der Waals surface area contributed by atoms with E-state index in [1.54, 1.807) is 0 Å². The number of benzene rings is 9. The number of fused-ring (bicyclic) bond motifs is 6. The first-order valence-electron chi connectivity index (χ1n) is 20.8. The fourth-order valence-electron chi connectivity index (χ4n) is 9.91. The van der Waals surface area contributed by atoms with Gasteiger partial charge in [0.05, 0.1) is 0 Å². The Morgan fingerprint density at radius 2 is 0.850 bits per heavy atom. The molecule has 0 saturated carbocycles. The third kappa shape index (κ3) is 5.80. The summed E-state index contributed by atoms with van der Waals surface area (Å²) in [5.74, 6) is 0. The summed E-state index contributed by atoms with van der Waals surface area (Å²) < 4.78 is 2.66. The molecule has 3 heteroatoms. The lowest BCUT2D eigenvalue weighted by molar-refractivity contribution is 0.660. The summed E-state index contributed by atoms with van der Waals surface area (Å²) in [6.45, 7) is 4.73. The third-order valence-corrected chi connectivity index (χ3v) is 18.8. The molecule has 0 atom stereocenters. The molecular formula is C57H43NSSi. The Morgan fingerprint density at radius 1 is 0.367 bits per heavy atom. The Labute approximate surface area is 357 Å². The summed E-state index contributed by atoms with van der Waals surface area (Å²) >= 11 is 1.87. The highest BCUT2D eigenvalue weighted by Crippen LogP contribution is 2.50. The first-order valence-corrected chi connectivity index (χ1v) is 23.7. The molecule has 0 saturated heterocycles. The van der Waals surface area contributed by atoms with Crippen molar-refractivity contribution >= 4 is 77.4 Å². The van der Waals surface area contributed by atoms with E-state index in [4.69, 9.17) is 0 Å². The quantitative estimate of drug-likeness (QED) is 0.109. The van der Waals surface area contributed by atoms with E-state index in [9.17, 15) is 0 Å². The van der Waals surface area contributed by atoms with Crippen LogP contribution in [-0.2, 0) is 5.41 Å². The van der Waals surface area contributed by atoms with E-state index in [1.807, 2.05) is 11.3 Å². The van der Waals surface area contributed by atoms with Crippen LogP contribution in [0.2, 0.25) is 0 Å². The predicted molar refractivity (Wildman–Crippen MR) is 261 cm³/mol. The maximum atomic E-state index is 2.44. The lowest BCUT2D eigenvalue weighted by atomic mass is 9.82. The molecule has 0 N–H and O–H groups in total. The minimum atomic E-state index is -2.68. The van der Waals surface area contributed by atoms with E-state index in [0.29, 0.717) is 0 Å². The summed E-state index contributed by atoms with van der Waals surface area (Å²) in [5.41, 5.74) is 11.1. The predicted octanol–water partition coefficient (Wildman–Crippen LogP) is 12.9. The highest BCUT2D eigenvalue weighted by Gasteiger charge is 2.41. The van der Waals surface area contributed by atoms with Gasteiger partial charge in [0.1, 0.15) is 0 Å². The fourth-order valence-corrected chi connectivity index (χ4v) is 15.7. The molecule has 9 aromatic carbocycles. The molecule has 0 amide bonds. The first kappa shape index (κ1) is 36.3. The van der Waals surface area contributed by atoms with Gasteiger partial charge in [-0.1, -0.05) is 184 Å². The standard InChI is InChI=1S/C57H43NSSi/c1-57(2)53-24-14-12-22-49(53)50-36-33-44(39-54(50)57)58(42-29-26-40(27-30-42)41-28-37-56-52(38-41)51-23-13-15-25-55(51)59-56)43-31-34-48(35-32-43)60(45-16-6-3-7-17-45,46-18-8-4-9-19-46)47-20-10-5-11-21-47/h3-39H,1-2H3. The van der Waals surface area contributed by atoms with Crippen molar-refractivity contribution < 1.29 is 0 Å². The van der Waals surface area contributed by atoms with Gasteiger partial charge >= 0.3 is 0 Å². The highest BCUT2D eigenvalue weighted by atomic mass is 32.1. The molecule has 1 heterocycles. The number of hydrogen-bond acceptors (Lipinski definition) is 2. The van der Waals surface area contributed by atoms with Crippen LogP contribution in [-0.4, -0.2) is 8.07 Å². The zero-order valence-corrected chi connectivity index (χ0v) is 35.5. The van der Waals surface area contributed by atoms with Crippen LogP contribution in [0.25, 0.3) is 42.4 Å². The summed E-state index contributed by atoms with van der Waals surface area (Å²) in [4.78, 5) is 2.44. The minimum absolute atomic E-state index is 0.113. The summed E-state index contributed by atoms with van der Waals surface area (Å²) in [6, 6.07) is 83.8. The van der Waals surface area contributed by atoms with Gasteiger partial charge in [0.2, 0.25) is 0 Å². The maximum Gasteiger partial charge on any atom is 0.179 e. The largest absolute Gasteiger partial charge is 0.310 e. The van der Waals surface area contributed by atoms with Gasteiger partial charge in [0.15, 0.2) is 8.07 Å². The molecule has 1 aliphatic rings. The van der Waals surface area contributed by atoms with Gasteiger partial charge in [-0.15, -0.1) is 11.3 Å². The average Bonchev–Trinajstić information content (AvgIpc) is 3.80. The van der Waals surface area contributed by atoms with Crippen molar-refractivity contribution in [1.82, 2.24) is 0 Å². The molecule has 1 nitrogen and oxygen atoms in total. The number of rotatable bonds is 8. The smallest absolute Gasteiger partial charge is 0.179 e. The van der Waals surface area contributed by atoms with Crippen molar-refractivity contribution in [3.8, 4) is 22.3 Å². The Morgan fingerprint density at radius 3 is 1.50 bits per heavy atom. The van der Waals surface area contributed by atoms with Crippen LogP contribution >= 0.6 is 11.3 Å². The SMILES string of the molecule is CC1(C)c2ccccc2-c2ccc(N(c3ccc(-c4ccc5sc6ccccc6c5c4)cc3)c3ccc([Si](c4ccccc4)(c4ccccc4)c4ccccc4)cc3)cc21. The van der Waals surface area contributed by atoms with E-state index in [0.717, 1.165) is 17.1 Å². The lowest BCUT2D eigenvalue weighted by Gasteiger charge is -2.35. The van der Waals surface area contributed by atoms with Gasteiger partial charge in [-0.3, -0.25) is 0 Å². The van der Waals surface area contributed by atoms with E-state index in [-0.39, 0.29) is 5.41 Å². The van der Waals surface area contributed by atoms with Crippen LogP contribution in [0.4, 0.5) is 17.1 Å². The normalized spacial score (nSPS) is 13.0. The van der Waals surface area contributed by atoms with Crippen molar-refractivity contribution in [2.24, 2.45) is 0 Å². The van der Waals surface area contributed by atoms with Crippen LogP contribution in [0.3, 0.4) is 0 Å². The van der Waals surface area contributed by atoms with E-state index in [2.05, 4.69) is 243 Å². The second-order valence-corrected chi connectivity index (χ2v) is 21.4. The molecule has 0 unspecified atom stereocenters. The number of anilines is 3. The number of thiophene rings is 1. The Hall–Kier alpha value is -6.78. The first-order chi connectivity index (χ1) is 29.5. The second kappa shape index (κ2) is 14.5. The van der Waals surface area contributed by atoms with Crippen LogP contribution in [0.1, 0.15) is 25.0 Å². The summed E-state index contributed by atoms with van der Waals surface area (Å²) in [6.07, 6.45) is 0. The fraction of sp³-hybridized carbons (Fsp3) is 0.0526. The molecule has 1 aliphatic carbocycles. The van der Waals surface area contributed by atoms with E-state index in [1.165, 1.54) is 74.3 Å². The molecule has 286 valence electrons. The van der Waals surface area contributed by atoms with Crippen molar-refractivity contribution in [1.29, 1.82) is 0 Å². The van der Waals surface area contributed by atoms with Crippen LogP contribution in [0.15, 0.2) is 224 Å². The molecule has 0 bridgehead atoms. The molecule has 60 heavy (non-hydrogen) atoms. The lowest BCUT2D eigenvalue weighted by Crippen LogP contribution is -2.74. The maximum absolute atomic E-state index is 2.68. The van der Waals surface area contributed by atoms with Gasteiger partial charge in [0, 0.05) is 42.6 Å². The van der Waals surface area contributed by atoms with Gasteiger partial charge in [-0.2, -0.15) is 0 Å². The molecule has 0 fully saturated rings. The van der Waals surface area contributed by atoms with Crippen molar-refractivity contribution in [2.45, 2.75) is 19.3 Å². The summed E-state index contributed by atoms with van der Waals surface area (Å²) in [5, 5.41) is 8.12. The molecule has 0 spiro atoms. The molecule has 0 radical (unpaired) electrons. The third-order valence-electron chi connectivity index (χ3n) is 12.8. The topological polar surface area (TPSA) is 3.24 Å². The molecule has 10 aromatic rings. The zero-order valence-electron chi connectivity index (χ0n) is 33.7. The average molecular weight is 802 g/mol. The number of hydrogen-bond donors (Lipinski definition) is 0. The molecular weight excluding hydrogens is 759 g/mol. The molecule has 11 rings (SSSR count). The Kier molecular flexibility index (Phi) is 8.77. The highest BCUT2D eigenvalue weighted by molar-refractivity contribution is 7.25. The van der Waals surface area contributed by atoms with E-state index < -0.39 is 8.07 Å². The Bertz CT molecular complexity index is 3050. The molecule has 0 aliphatic heterocycles. The zero-order chi connectivity index (χ0) is 40.3. The minimum Gasteiger partial charge on any atom is -0.310 e. The van der Waals surface area contributed by atoms with Crippen LogP contribution < -0.4 is 25.6 Å². The van der Waals surface area contributed by atoms with Gasteiger partial charge in [-0.25, -0.2) is 0 Å². The van der Waals surface area contributed by atoms with Crippen LogP contribution in [0, 0.1) is 0 Å². The number of nitrogens with zero attached hydrogens (tertiary/aromatic N) is 1. The van der Waals surface area contributed by atoms with Crippen molar-refractivity contribution in [2.75, 3.05) is 4.90 Å². The summed E-state index contributed by atoms with van der Waals surface area (Å²) in [7, 11) is -2.68. The van der Waals surface area contributed by atoms with Gasteiger partial charge in [-0.05, 0) is 109 Å². The Balaban J connectivity index is 1.06. The monoisotopic (exact) mass is 801 g/mol. The van der Waals surface area contributed by atoms with E-state index >= 15 is 0 Å². The van der Waals surface area contributed by atoms with Crippen LogP contribution in [0.5, 0.6) is 0 Å². The van der Waals surface area contributed by atoms with Crippen molar-refractivity contribution in [3.05, 3.63) is 236 Å². The second-order valence-electron chi connectivity index (χ2n) is 16.5. The van der Waals surface area contributed by atoms with Crippen molar-refractivity contribution in [3.63, 3.8) is 0 Å². The van der Waals surface area contributed by atoms with Gasteiger partial charge in [0.25, 0.3) is 0 Å². The molecule has 1 aromatic heterocycles. The van der Waals surface area contributed by atoms with Gasteiger partial charge < -0.3 is 4.90 Å².